The number of likely N-dealkylation sites (tertiary alicyclic amines) is 1. The molecule has 0 spiro atoms. The highest BCUT2D eigenvalue weighted by atomic mass is 16.2. The lowest BCUT2D eigenvalue weighted by molar-refractivity contribution is -0.117. The van der Waals surface area contributed by atoms with Crippen molar-refractivity contribution in [3.63, 3.8) is 0 Å². The largest absolute Gasteiger partial charge is 0.334 e. The summed E-state index contributed by atoms with van der Waals surface area (Å²) in [5.74, 6) is 0.293. The molecule has 5 heteroatoms. The summed E-state index contributed by atoms with van der Waals surface area (Å²) in [5, 5.41) is 2.88. The van der Waals surface area contributed by atoms with E-state index in [1.807, 2.05) is 4.90 Å². The second kappa shape index (κ2) is 5.85. The third kappa shape index (κ3) is 3.08. The van der Waals surface area contributed by atoms with Crippen LogP contribution in [0.15, 0.2) is 24.3 Å². The fourth-order valence-electron chi connectivity index (χ4n) is 2.80. The molecular formula is C16H21N3O2. The minimum absolute atomic E-state index is 0.0306. The Labute approximate surface area is 124 Å². The maximum absolute atomic E-state index is 12.5. The minimum atomic E-state index is 0.0306. The lowest BCUT2D eigenvalue weighted by Crippen LogP contribution is -2.39. The van der Waals surface area contributed by atoms with Crippen molar-refractivity contribution >= 4 is 17.5 Å². The van der Waals surface area contributed by atoms with E-state index in [-0.39, 0.29) is 23.8 Å². The Morgan fingerprint density at radius 2 is 1.90 bits per heavy atom. The van der Waals surface area contributed by atoms with Crippen molar-refractivity contribution in [3.05, 3.63) is 29.8 Å². The Kier molecular flexibility index (Phi) is 3.92. The summed E-state index contributed by atoms with van der Waals surface area (Å²) >= 11 is 0. The smallest absolute Gasteiger partial charge is 0.254 e. The van der Waals surface area contributed by atoms with Crippen molar-refractivity contribution in [3.8, 4) is 0 Å². The van der Waals surface area contributed by atoms with Crippen LogP contribution in [0.5, 0.6) is 0 Å². The summed E-state index contributed by atoms with van der Waals surface area (Å²) in [6, 6.07) is 7.29. The van der Waals surface area contributed by atoms with Crippen LogP contribution in [0.2, 0.25) is 0 Å². The maximum Gasteiger partial charge on any atom is 0.254 e. The molecule has 21 heavy (non-hydrogen) atoms. The van der Waals surface area contributed by atoms with E-state index in [2.05, 4.69) is 5.32 Å². The first-order valence-electron chi connectivity index (χ1n) is 7.61. The number of hydrogen-bond donors (Lipinski definition) is 2. The van der Waals surface area contributed by atoms with Gasteiger partial charge < -0.3 is 16.0 Å². The van der Waals surface area contributed by atoms with Crippen LogP contribution in [0, 0.1) is 5.92 Å². The van der Waals surface area contributed by atoms with Crippen LogP contribution in [0.4, 0.5) is 5.69 Å². The number of anilines is 1. The van der Waals surface area contributed by atoms with Gasteiger partial charge in [0.05, 0.1) is 0 Å². The minimum Gasteiger partial charge on any atom is -0.334 e. The van der Waals surface area contributed by atoms with Crippen molar-refractivity contribution in [2.45, 2.75) is 31.7 Å². The number of carbonyl (C=O) groups excluding carboxylic acids is 2. The molecule has 1 aromatic carbocycles. The Hall–Kier alpha value is -1.88. The number of hydrogen-bond acceptors (Lipinski definition) is 3. The van der Waals surface area contributed by atoms with Gasteiger partial charge in [0.1, 0.15) is 0 Å². The summed E-state index contributed by atoms with van der Waals surface area (Å²) in [6.07, 6.45) is 3.97. The second-order valence-electron chi connectivity index (χ2n) is 5.87. The molecule has 3 N–H and O–H groups in total. The fourth-order valence-corrected chi connectivity index (χ4v) is 2.80. The molecule has 112 valence electrons. The van der Waals surface area contributed by atoms with E-state index < -0.39 is 0 Å². The Balaban J connectivity index is 1.65. The summed E-state index contributed by atoms with van der Waals surface area (Å²) < 4.78 is 0. The summed E-state index contributed by atoms with van der Waals surface area (Å²) in [7, 11) is 0. The number of benzene rings is 1. The van der Waals surface area contributed by atoms with Gasteiger partial charge in [-0.25, -0.2) is 0 Å². The Bertz CT molecular complexity index is 537. The van der Waals surface area contributed by atoms with Gasteiger partial charge in [-0.15, -0.1) is 0 Å². The van der Waals surface area contributed by atoms with Gasteiger partial charge in [0, 0.05) is 36.3 Å². The number of nitrogens with one attached hydrogen (secondary N) is 1. The number of carbonyl (C=O) groups is 2. The van der Waals surface area contributed by atoms with Crippen LogP contribution < -0.4 is 11.1 Å². The van der Waals surface area contributed by atoms with Crippen molar-refractivity contribution in [2.75, 3.05) is 18.4 Å². The number of nitrogens with two attached hydrogens (primary N) is 1. The van der Waals surface area contributed by atoms with Crippen molar-refractivity contribution in [1.82, 2.24) is 4.90 Å². The van der Waals surface area contributed by atoms with E-state index in [9.17, 15) is 9.59 Å². The molecule has 1 aliphatic carbocycles. The van der Waals surface area contributed by atoms with Gasteiger partial charge in [0.25, 0.3) is 5.91 Å². The molecule has 1 heterocycles. The maximum atomic E-state index is 12.5. The predicted molar refractivity (Wildman–Crippen MR) is 80.9 cm³/mol. The van der Waals surface area contributed by atoms with Crippen LogP contribution in [0.1, 0.15) is 36.0 Å². The van der Waals surface area contributed by atoms with E-state index in [0.29, 0.717) is 12.1 Å². The standard InChI is InChI=1S/C16H21N3O2/c17-10-14-2-1-9-19(14)16(21)12-5-7-13(8-6-12)18-15(20)11-3-4-11/h5-8,11,14H,1-4,9-10,17H2,(H,18,20). The van der Waals surface area contributed by atoms with Gasteiger partial charge in [-0.3, -0.25) is 9.59 Å². The molecule has 5 nitrogen and oxygen atoms in total. The molecule has 2 amide bonds. The molecule has 1 aromatic rings. The van der Waals surface area contributed by atoms with E-state index in [0.717, 1.165) is 37.9 Å². The SMILES string of the molecule is NCC1CCCN1C(=O)c1ccc(NC(=O)C2CC2)cc1. The molecule has 1 atom stereocenters. The molecule has 1 saturated carbocycles. The third-order valence-electron chi connectivity index (χ3n) is 4.26. The molecule has 2 fully saturated rings. The van der Waals surface area contributed by atoms with Crippen LogP contribution >= 0.6 is 0 Å². The van der Waals surface area contributed by atoms with Gasteiger partial charge in [0.2, 0.25) is 5.91 Å². The molecule has 0 radical (unpaired) electrons. The Morgan fingerprint density at radius 1 is 1.19 bits per heavy atom. The summed E-state index contributed by atoms with van der Waals surface area (Å²) in [4.78, 5) is 26.0. The highest BCUT2D eigenvalue weighted by molar-refractivity contribution is 5.97. The Morgan fingerprint density at radius 3 is 2.52 bits per heavy atom. The lowest BCUT2D eigenvalue weighted by Gasteiger charge is -2.23. The van der Waals surface area contributed by atoms with Crippen molar-refractivity contribution < 1.29 is 9.59 Å². The average molecular weight is 287 g/mol. The topological polar surface area (TPSA) is 75.4 Å². The third-order valence-corrected chi connectivity index (χ3v) is 4.26. The van der Waals surface area contributed by atoms with Crippen molar-refractivity contribution in [1.29, 1.82) is 0 Å². The van der Waals surface area contributed by atoms with Crippen LogP contribution in [-0.4, -0.2) is 35.8 Å². The molecule has 3 rings (SSSR count). The van der Waals surface area contributed by atoms with Gasteiger partial charge in [-0.05, 0) is 49.9 Å². The monoisotopic (exact) mass is 287 g/mol. The fraction of sp³-hybridized carbons (Fsp3) is 0.500. The molecule has 0 bridgehead atoms. The molecule has 1 aliphatic heterocycles. The van der Waals surface area contributed by atoms with E-state index in [1.165, 1.54) is 0 Å². The highest BCUT2D eigenvalue weighted by Gasteiger charge is 2.30. The number of amides is 2. The first kappa shape index (κ1) is 14.1. The highest BCUT2D eigenvalue weighted by Crippen LogP contribution is 2.30. The van der Waals surface area contributed by atoms with E-state index in [4.69, 9.17) is 5.73 Å². The molecule has 1 saturated heterocycles. The normalized spacial score (nSPS) is 21.4. The zero-order valence-electron chi connectivity index (χ0n) is 12.0. The quantitative estimate of drug-likeness (QED) is 0.883. The van der Waals surface area contributed by atoms with Crippen LogP contribution in [-0.2, 0) is 4.79 Å². The van der Waals surface area contributed by atoms with Gasteiger partial charge in [-0.1, -0.05) is 0 Å². The number of rotatable bonds is 4. The first-order valence-corrected chi connectivity index (χ1v) is 7.61. The molecule has 2 aliphatic rings. The molecular weight excluding hydrogens is 266 g/mol. The van der Waals surface area contributed by atoms with Crippen LogP contribution in [0.25, 0.3) is 0 Å². The summed E-state index contributed by atoms with van der Waals surface area (Å²) in [5.41, 5.74) is 7.11. The van der Waals surface area contributed by atoms with Gasteiger partial charge in [-0.2, -0.15) is 0 Å². The van der Waals surface area contributed by atoms with Crippen LogP contribution in [0.3, 0.4) is 0 Å². The van der Waals surface area contributed by atoms with Gasteiger partial charge in [0.15, 0.2) is 0 Å². The summed E-state index contributed by atoms with van der Waals surface area (Å²) in [6.45, 7) is 1.29. The van der Waals surface area contributed by atoms with E-state index in [1.54, 1.807) is 24.3 Å². The molecule has 1 unspecified atom stereocenters. The predicted octanol–water partition coefficient (Wildman–Crippen LogP) is 1.60. The zero-order chi connectivity index (χ0) is 14.8. The second-order valence-corrected chi connectivity index (χ2v) is 5.87. The van der Waals surface area contributed by atoms with Crippen molar-refractivity contribution in [2.24, 2.45) is 11.7 Å². The van der Waals surface area contributed by atoms with E-state index >= 15 is 0 Å². The van der Waals surface area contributed by atoms with Gasteiger partial charge >= 0.3 is 0 Å². The zero-order valence-corrected chi connectivity index (χ0v) is 12.0. The first-order chi connectivity index (χ1) is 10.2. The number of nitrogens with zero attached hydrogens (tertiary/aromatic N) is 1. The molecule has 0 aromatic heterocycles. The lowest BCUT2D eigenvalue weighted by atomic mass is 10.1. The average Bonchev–Trinajstić information content (AvgIpc) is 3.25.